The topological polar surface area (TPSA) is 58.6 Å². The predicted octanol–water partition coefficient (Wildman–Crippen LogP) is 3.05. The van der Waals surface area contributed by atoms with E-state index < -0.39 is 5.60 Å². The van der Waals surface area contributed by atoms with Crippen molar-refractivity contribution in [1.29, 1.82) is 0 Å². The van der Waals surface area contributed by atoms with Gasteiger partial charge in [0.05, 0.1) is 6.04 Å². The lowest BCUT2D eigenvalue weighted by atomic mass is 10.0. The fourth-order valence-electron chi connectivity index (χ4n) is 2.38. The highest BCUT2D eigenvalue weighted by Gasteiger charge is 2.35. The van der Waals surface area contributed by atoms with Crippen LogP contribution >= 0.6 is 0 Å². The number of aromatic nitrogens is 2. The molecule has 0 aliphatic carbocycles. The summed E-state index contributed by atoms with van der Waals surface area (Å²) < 4.78 is 5.41. The highest BCUT2D eigenvalue weighted by Crippen LogP contribution is 2.25. The number of hydrogen-bond donors (Lipinski definition) is 0. The lowest BCUT2D eigenvalue weighted by Crippen LogP contribution is -2.60. The number of ether oxygens (including phenoxy) is 1. The normalized spacial score (nSPS) is 16.7. The van der Waals surface area contributed by atoms with Crippen LogP contribution in [-0.4, -0.2) is 52.7 Å². The quantitative estimate of drug-likeness (QED) is 0.853. The van der Waals surface area contributed by atoms with Crippen LogP contribution in [0.15, 0.2) is 12.4 Å². The number of nitrogens with zero attached hydrogens (tertiary/aromatic N) is 4. The highest BCUT2D eigenvalue weighted by molar-refractivity contribution is 5.69. The van der Waals surface area contributed by atoms with Crippen LogP contribution in [0, 0.1) is 0 Å². The molecule has 0 spiro atoms. The van der Waals surface area contributed by atoms with E-state index >= 15 is 0 Å². The van der Waals surface area contributed by atoms with E-state index in [-0.39, 0.29) is 12.1 Å². The molecule has 0 radical (unpaired) electrons. The Labute approximate surface area is 138 Å². The molecule has 1 aromatic heterocycles. The first kappa shape index (κ1) is 17.5. The average molecular weight is 320 g/mol. The summed E-state index contributed by atoms with van der Waals surface area (Å²) in [4.78, 5) is 24.6. The summed E-state index contributed by atoms with van der Waals surface area (Å²) in [6, 6.07) is 2.21. The van der Waals surface area contributed by atoms with Gasteiger partial charge in [0, 0.05) is 31.9 Å². The standard InChI is InChI=1S/C17H28N4O2/c1-7-12(2)14-8-15(19-11-18-14)21-9-13(10-21)20(6)16(22)23-17(3,4)5/h8,11-13H,7,9-10H2,1-6H3. The van der Waals surface area contributed by atoms with Gasteiger partial charge < -0.3 is 14.5 Å². The van der Waals surface area contributed by atoms with Crippen LogP contribution in [-0.2, 0) is 4.74 Å². The predicted molar refractivity (Wildman–Crippen MR) is 90.7 cm³/mol. The molecule has 1 aliphatic heterocycles. The minimum Gasteiger partial charge on any atom is -0.444 e. The van der Waals surface area contributed by atoms with Gasteiger partial charge in [-0.05, 0) is 33.1 Å². The Hall–Kier alpha value is -1.85. The lowest BCUT2D eigenvalue weighted by molar-refractivity contribution is 0.0196. The molecule has 1 amide bonds. The SMILES string of the molecule is CCC(C)c1cc(N2CC(N(C)C(=O)OC(C)(C)C)C2)ncn1. The van der Waals surface area contributed by atoms with Crippen LogP contribution < -0.4 is 4.90 Å². The van der Waals surface area contributed by atoms with E-state index in [1.165, 1.54) is 0 Å². The van der Waals surface area contributed by atoms with E-state index in [1.807, 2.05) is 20.8 Å². The van der Waals surface area contributed by atoms with Crippen LogP contribution in [0.1, 0.15) is 52.7 Å². The molecule has 6 nitrogen and oxygen atoms in total. The number of amides is 1. The minimum atomic E-state index is -0.466. The zero-order chi connectivity index (χ0) is 17.2. The van der Waals surface area contributed by atoms with Crippen molar-refractivity contribution in [3.63, 3.8) is 0 Å². The van der Waals surface area contributed by atoms with E-state index in [9.17, 15) is 4.79 Å². The van der Waals surface area contributed by atoms with Gasteiger partial charge in [-0.1, -0.05) is 13.8 Å². The van der Waals surface area contributed by atoms with Gasteiger partial charge >= 0.3 is 6.09 Å². The summed E-state index contributed by atoms with van der Waals surface area (Å²) in [5, 5.41) is 0. The van der Waals surface area contributed by atoms with E-state index in [0.717, 1.165) is 31.0 Å². The van der Waals surface area contributed by atoms with Gasteiger partial charge in [-0.15, -0.1) is 0 Å². The van der Waals surface area contributed by atoms with Crippen LogP contribution in [0.3, 0.4) is 0 Å². The molecule has 1 atom stereocenters. The Kier molecular flexibility index (Phi) is 5.12. The molecule has 0 aromatic carbocycles. The maximum Gasteiger partial charge on any atom is 0.410 e. The summed E-state index contributed by atoms with van der Waals surface area (Å²) in [6.45, 7) is 11.5. The molecule has 1 saturated heterocycles. The van der Waals surface area contributed by atoms with Crippen LogP contribution in [0.2, 0.25) is 0 Å². The summed E-state index contributed by atoms with van der Waals surface area (Å²) in [5.74, 6) is 1.36. The summed E-state index contributed by atoms with van der Waals surface area (Å²) in [6.07, 6.45) is 2.41. The van der Waals surface area contributed by atoms with Crippen LogP contribution in [0.25, 0.3) is 0 Å². The van der Waals surface area contributed by atoms with Crippen molar-refractivity contribution in [2.75, 3.05) is 25.0 Å². The Balaban J connectivity index is 1.93. The van der Waals surface area contributed by atoms with Crippen molar-refractivity contribution in [3.05, 3.63) is 18.1 Å². The largest absolute Gasteiger partial charge is 0.444 e. The molecule has 1 aromatic rings. The number of rotatable bonds is 4. The molecule has 2 heterocycles. The zero-order valence-corrected chi connectivity index (χ0v) is 15.0. The van der Waals surface area contributed by atoms with Crippen molar-refractivity contribution in [1.82, 2.24) is 14.9 Å². The van der Waals surface area contributed by atoms with Gasteiger partial charge in [-0.2, -0.15) is 0 Å². The zero-order valence-electron chi connectivity index (χ0n) is 15.0. The Morgan fingerprint density at radius 2 is 2.09 bits per heavy atom. The van der Waals surface area contributed by atoms with Crippen molar-refractivity contribution >= 4 is 11.9 Å². The number of hydrogen-bond acceptors (Lipinski definition) is 5. The van der Waals surface area contributed by atoms with Crippen molar-refractivity contribution < 1.29 is 9.53 Å². The fourth-order valence-corrected chi connectivity index (χ4v) is 2.38. The molecule has 0 N–H and O–H groups in total. The van der Waals surface area contributed by atoms with Crippen LogP contribution in [0.5, 0.6) is 0 Å². The maximum atomic E-state index is 12.1. The average Bonchev–Trinajstić information content (AvgIpc) is 2.43. The Bertz CT molecular complexity index is 550. The van der Waals surface area contributed by atoms with Crippen LogP contribution in [0.4, 0.5) is 10.6 Å². The molecule has 0 saturated carbocycles. The highest BCUT2D eigenvalue weighted by atomic mass is 16.6. The first-order chi connectivity index (χ1) is 10.7. The fraction of sp³-hybridized carbons (Fsp3) is 0.706. The molecule has 6 heteroatoms. The van der Waals surface area contributed by atoms with E-state index in [0.29, 0.717) is 5.92 Å². The van der Waals surface area contributed by atoms with Gasteiger partial charge in [0.25, 0.3) is 0 Å². The smallest absolute Gasteiger partial charge is 0.410 e. The molecule has 2 rings (SSSR count). The number of anilines is 1. The summed E-state index contributed by atoms with van der Waals surface area (Å²) in [5.41, 5.74) is 0.605. The second-order valence-corrected chi connectivity index (χ2v) is 7.26. The molecule has 1 aliphatic rings. The van der Waals surface area contributed by atoms with Gasteiger partial charge in [-0.3, -0.25) is 0 Å². The molecular formula is C17H28N4O2. The third kappa shape index (κ3) is 4.33. The third-order valence-electron chi connectivity index (χ3n) is 4.21. The lowest BCUT2D eigenvalue weighted by Gasteiger charge is -2.44. The second kappa shape index (κ2) is 6.72. The van der Waals surface area contributed by atoms with Crippen molar-refractivity contribution in [2.24, 2.45) is 0 Å². The molecule has 1 fully saturated rings. The summed E-state index contributed by atoms with van der Waals surface area (Å²) >= 11 is 0. The second-order valence-electron chi connectivity index (χ2n) is 7.26. The monoisotopic (exact) mass is 320 g/mol. The van der Waals surface area contributed by atoms with Gasteiger partial charge in [-0.25, -0.2) is 14.8 Å². The third-order valence-corrected chi connectivity index (χ3v) is 4.21. The Morgan fingerprint density at radius 3 is 2.65 bits per heavy atom. The Morgan fingerprint density at radius 1 is 1.43 bits per heavy atom. The number of carbonyl (C=O) groups excluding carboxylic acids is 1. The van der Waals surface area contributed by atoms with Crippen molar-refractivity contribution in [3.8, 4) is 0 Å². The van der Waals surface area contributed by atoms with E-state index in [4.69, 9.17) is 4.74 Å². The number of likely N-dealkylation sites (N-methyl/N-ethyl adjacent to an activating group) is 1. The van der Waals surface area contributed by atoms with E-state index in [2.05, 4.69) is 34.8 Å². The van der Waals surface area contributed by atoms with Gasteiger partial charge in [0.1, 0.15) is 17.7 Å². The molecule has 1 unspecified atom stereocenters. The first-order valence-electron chi connectivity index (χ1n) is 8.24. The summed E-state index contributed by atoms with van der Waals surface area (Å²) in [7, 11) is 1.79. The molecule has 128 valence electrons. The minimum absolute atomic E-state index is 0.159. The first-order valence-corrected chi connectivity index (χ1v) is 8.24. The molecule has 0 bridgehead atoms. The van der Waals surface area contributed by atoms with Gasteiger partial charge in [0.2, 0.25) is 0 Å². The maximum absolute atomic E-state index is 12.1. The van der Waals surface area contributed by atoms with E-state index in [1.54, 1.807) is 18.3 Å². The van der Waals surface area contributed by atoms with Gasteiger partial charge in [0.15, 0.2) is 0 Å². The molecule has 23 heavy (non-hydrogen) atoms. The van der Waals surface area contributed by atoms with Crippen molar-refractivity contribution in [2.45, 2.75) is 58.6 Å². The molecular weight excluding hydrogens is 292 g/mol. The number of carbonyl (C=O) groups is 1.